The summed E-state index contributed by atoms with van der Waals surface area (Å²) < 4.78 is 5.29. The van der Waals surface area contributed by atoms with Crippen LogP contribution in [0.5, 0.6) is 5.75 Å². The van der Waals surface area contributed by atoms with Crippen molar-refractivity contribution in [2.45, 2.75) is 25.3 Å². The number of nitrogen functional groups attached to an aromatic ring is 1. The lowest BCUT2D eigenvalue weighted by molar-refractivity contribution is 0.0913. The summed E-state index contributed by atoms with van der Waals surface area (Å²) in [4.78, 5) is 8.50. The highest BCUT2D eigenvalue weighted by atomic mass is 16.5. The highest BCUT2D eigenvalue weighted by molar-refractivity contribution is 5.77. The number of hydroxylamine groups is 1. The molecule has 2 aromatic rings. The second-order valence-electron chi connectivity index (χ2n) is 5.72. The van der Waals surface area contributed by atoms with E-state index in [0.717, 1.165) is 28.1 Å². The van der Waals surface area contributed by atoms with Crippen molar-refractivity contribution in [3.63, 3.8) is 0 Å². The van der Waals surface area contributed by atoms with Crippen molar-refractivity contribution < 1.29 is 9.94 Å². The van der Waals surface area contributed by atoms with E-state index in [1.165, 1.54) is 6.33 Å². The smallest absolute Gasteiger partial charge is 0.131 e. The summed E-state index contributed by atoms with van der Waals surface area (Å²) in [7, 11) is 1.62. The van der Waals surface area contributed by atoms with E-state index in [4.69, 9.17) is 10.5 Å². The van der Waals surface area contributed by atoms with Gasteiger partial charge < -0.3 is 15.7 Å². The fourth-order valence-electron chi connectivity index (χ4n) is 3.12. The second kappa shape index (κ2) is 4.68. The van der Waals surface area contributed by atoms with Crippen LogP contribution in [0.15, 0.2) is 24.5 Å². The normalized spacial score (nSPS) is 18.8. The average molecular weight is 286 g/mol. The molecule has 1 aromatic carbocycles. The van der Waals surface area contributed by atoms with E-state index in [9.17, 15) is 5.21 Å². The fraction of sp³-hybridized carbons (Fsp3) is 0.333. The van der Waals surface area contributed by atoms with E-state index in [1.807, 2.05) is 32.0 Å². The predicted molar refractivity (Wildman–Crippen MR) is 79.1 cm³/mol. The molecule has 0 saturated carbocycles. The third-order valence-corrected chi connectivity index (χ3v) is 4.20. The van der Waals surface area contributed by atoms with Crippen LogP contribution < -0.4 is 16.0 Å². The fourth-order valence-corrected chi connectivity index (χ4v) is 3.12. The molecule has 0 spiro atoms. The first-order valence-electron chi connectivity index (χ1n) is 6.69. The molecule has 0 bridgehead atoms. The zero-order chi connectivity index (χ0) is 15.2. The zero-order valence-electron chi connectivity index (χ0n) is 12.2. The molecule has 6 heteroatoms. The van der Waals surface area contributed by atoms with Gasteiger partial charge in [0, 0.05) is 16.5 Å². The summed E-state index contributed by atoms with van der Waals surface area (Å²) in [6.07, 6.45) is 1.46. The van der Waals surface area contributed by atoms with Gasteiger partial charge in [0.25, 0.3) is 0 Å². The van der Waals surface area contributed by atoms with Crippen LogP contribution >= 0.6 is 0 Å². The van der Waals surface area contributed by atoms with E-state index >= 15 is 0 Å². The van der Waals surface area contributed by atoms with E-state index in [1.54, 1.807) is 7.11 Å². The van der Waals surface area contributed by atoms with Crippen molar-refractivity contribution in [1.29, 1.82) is 0 Å². The molecule has 0 aliphatic heterocycles. The van der Waals surface area contributed by atoms with Crippen LogP contribution in [0.2, 0.25) is 0 Å². The number of ether oxygens (including phenoxy) is 1. The Hall–Kier alpha value is -2.18. The van der Waals surface area contributed by atoms with Gasteiger partial charge in [-0.15, -0.1) is 0 Å². The molecule has 4 N–H and O–H groups in total. The van der Waals surface area contributed by atoms with E-state index in [-0.39, 0.29) is 6.04 Å². The van der Waals surface area contributed by atoms with Gasteiger partial charge in [-0.3, -0.25) is 0 Å². The molecule has 1 atom stereocenters. The summed E-state index contributed by atoms with van der Waals surface area (Å²) in [6.45, 7) is 4.00. The molecular formula is C15H18N4O2. The quantitative estimate of drug-likeness (QED) is 0.732. The van der Waals surface area contributed by atoms with Crippen LogP contribution in [0, 0.1) is 0 Å². The Kier molecular flexibility index (Phi) is 3.07. The van der Waals surface area contributed by atoms with Gasteiger partial charge >= 0.3 is 0 Å². The van der Waals surface area contributed by atoms with Gasteiger partial charge in [0.05, 0.1) is 18.8 Å². The van der Waals surface area contributed by atoms with Crippen molar-refractivity contribution in [3.8, 4) is 17.0 Å². The third kappa shape index (κ3) is 1.87. The summed E-state index contributed by atoms with van der Waals surface area (Å²) in [5, 5.41) is 9.68. The Morgan fingerprint density at radius 2 is 2.10 bits per heavy atom. The zero-order valence-corrected chi connectivity index (χ0v) is 12.2. The second-order valence-corrected chi connectivity index (χ2v) is 5.72. The minimum absolute atomic E-state index is 0.330. The molecule has 110 valence electrons. The van der Waals surface area contributed by atoms with Gasteiger partial charge in [0.2, 0.25) is 0 Å². The van der Waals surface area contributed by atoms with Crippen LogP contribution in [-0.2, 0) is 5.41 Å². The third-order valence-electron chi connectivity index (χ3n) is 4.20. The van der Waals surface area contributed by atoms with Crippen LogP contribution in [0.3, 0.4) is 0 Å². The number of nitrogens with zero attached hydrogens (tertiary/aromatic N) is 2. The Morgan fingerprint density at radius 1 is 1.33 bits per heavy atom. The highest BCUT2D eigenvalue weighted by Gasteiger charge is 2.42. The molecule has 0 amide bonds. The molecule has 0 saturated heterocycles. The van der Waals surface area contributed by atoms with Gasteiger partial charge in [-0.1, -0.05) is 13.8 Å². The standard InChI is InChI=1S/C15H18N4O2/c1-15(2)11-12(17-7-18-14(11)16)9-5-4-8(21-3)6-10(9)13(15)19-20/h4-7,13,19-20H,1-3H3,(H2,16,17,18). The number of benzene rings is 1. The SMILES string of the molecule is COc1ccc2c(c1)C(NO)C(C)(C)c1c(N)ncnc1-2. The number of fused-ring (bicyclic) bond motifs is 3. The topological polar surface area (TPSA) is 93.3 Å². The Morgan fingerprint density at radius 3 is 2.76 bits per heavy atom. The number of nitrogens with two attached hydrogens (primary N) is 1. The monoisotopic (exact) mass is 286 g/mol. The number of nitrogens with one attached hydrogen (secondary N) is 1. The van der Waals surface area contributed by atoms with Crippen molar-refractivity contribution in [2.24, 2.45) is 0 Å². The number of aromatic nitrogens is 2. The molecule has 1 aliphatic rings. The van der Waals surface area contributed by atoms with Crippen LogP contribution in [0.25, 0.3) is 11.3 Å². The summed E-state index contributed by atoms with van der Waals surface area (Å²) in [5.74, 6) is 1.17. The Bertz CT molecular complexity index is 700. The maximum atomic E-state index is 9.68. The van der Waals surface area contributed by atoms with Crippen LogP contribution in [0.1, 0.15) is 31.0 Å². The van der Waals surface area contributed by atoms with Crippen molar-refractivity contribution in [2.75, 3.05) is 12.8 Å². The Balaban J connectivity index is 2.36. The number of hydrogen-bond acceptors (Lipinski definition) is 6. The summed E-state index contributed by atoms with van der Waals surface area (Å²) in [6, 6.07) is 5.38. The van der Waals surface area contributed by atoms with Crippen molar-refractivity contribution in [1.82, 2.24) is 15.4 Å². The first kappa shape index (κ1) is 13.8. The largest absolute Gasteiger partial charge is 0.497 e. The highest BCUT2D eigenvalue weighted by Crippen LogP contribution is 2.50. The molecular weight excluding hydrogens is 268 g/mol. The lowest BCUT2D eigenvalue weighted by atomic mass is 9.68. The molecule has 3 rings (SSSR count). The van der Waals surface area contributed by atoms with Gasteiger partial charge in [-0.2, -0.15) is 5.48 Å². The summed E-state index contributed by atoms with van der Waals surface area (Å²) >= 11 is 0. The predicted octanol–water partition coefficient (Wildman–Crippen LogP) is 2.05. The lowest BCUT2D eigenvalue weighted by Crippen LogP contribution is -2.40. The van der Waals surface area contributed by atoms with Crippen molar-refractivity contribution >= 4 is 5.82 Å². The molecule has 0 radical (unpaired) electrons. The Labute approximate surface area is 122 Å². The lowest BCUT2D eigenvalue weighted by Gasteiger charge is -2.40. The maximum absolute atomic E-state index is 9.68. The van der Waals surface area contributed by atoms with E-state index in [0.29, 0.717) is 5.82 Å². The number of anilines is 1. The average Bonchev–Trinajstić information content (AvgIpc) is 2.46. The molecule has 1 unspecified atom stereocenters. The van der Waals surface area contributed by atoms with Crippen LogP contribution in [0.4, 0.5) is 5.82 Å². The molecule has 1 aromatic heterocycles. The van der Waals surface area contributed by atoms with Gasteiger partial charge in [-0.05, 0) is 23.8 Å². The molecule has 1 aliphatic carbocycles. The number of rotatable bonds is 2. The summed E-state index contributed by atoms with van der Waals surface area (Å²) in [5.41, 5.74) is 11.5. The molecule has 1 heterocycles. The minimum Gasteiger partial charge on any atom is -0.497 e. The molecule has 0 fully saturated rings. The molecule has 21 heavy (non-hydrogen) atoms. The number of hydrogen-bond donors (Lipinski definition) is 3. The first-order chi connectivity index (χ1) is 10.0. The van der Waals surface area contributed by atoms with Crippen molar-refractivity contribution in [3.05, 3.63) is 35.7 Å². The maximum Gasteiger partial charge on any atom is 0.131 e. The minimum atomic E-state index is -0.464. The van der Waals surface area contributed by atoms with Gasteiger partial charge in [0.1, 0.15) is 17.9 Å². The van der Waals surface area contributed by atoms with Gasteiger partial charge in [0.15, 0.2) is 0 Å². The first-order valence-corrected chi connectivity index (χ1v) is 6.69. The molecule has 6 nitrogen and oxygen atoms in total. The van der Waals surface area contributed by atoms with E-state index < -0.39 is 5.41 Å². The van der Waals surface area contributed by atoms with Gasteiger partial charge in [-0.25, -0.2) is 9.97 Å². The van der Waals surface area contributed by atoms with Crippen LogP contribution in [-0.4, -0.2) is 22.3 Å². The number of methoxy groups -OCH3 is 1. The van der Waals surface area contributed by atoms with E-state index in [2.05, 4.69) is 15.4 Å².